The molecule has 0 spiro atoms. The Morgan fingerprint density at radius 2 is 1.21 bits per heavy atom. The zero-order valence-corrected chi connectivity index (χ0v) is 20.9. The fourth-order valence-electron chi connectivity index (χ4n) is 3.45. The van der Waals surface area contributed by atoms with Gasteiger partial charge in [0.2, 0.25) is 0 Å². The van der Waals surface area contributed by atoms with E-state index in [9.17, 15) is 0 Å². The van der Waals surface area contributed by atoms with Gasteiger partial charge in [0.15, 0.2) is 16.6 Å². The van der Waals surface area contributed by atoms with E-state index in [1.165, 1.54) is 0 Å². The molecule has 0 aliphatic carbocycles. The average Bonchev–Trinajstić information content (AvgIpc) is 2.88. The van der Waals surface area contributed by atoms with Gasteiger partial charge in [-0.3, -0.25) is 0 Å². The largest absolute Gasteiger partial charge is 0.497 e. The monoisotopic (exact) mass is 482 g/mol. The quantitative estimate of drug-likeness (QED) is 0.399. The van der Waals surface area contributed by atoms with Crippen LogP contribution in [-0.4, -0.2) is 45.6 Å². The minimum absolute atomic E-state index is 0.484. The number of benzene rings is 3. The molecule has 0 radical (unpaired) electrons. The number of nitrogens with one attached hydrogen (secondary N) is 1. The first kappa shape index (κ1) is 25.0. The molecule has 0 saturated carbocycles. The Morgan fingerprint density at radius 1 is 0.676 bits per heavy atom. The maximum Gasteiger partial charge on any atom is 0.174 e. The lowest BCUT2D eigenvalue weighted by molar-refractivity contribution is 0.341. The van der Waals surface area contributed by atoms with Crippen molar-refractivity contribution in [2.24, 2.45) is 0 Å². The third kappa shape index (κ3) is 6.23. The van der Waals surface area contributed by atoms with Crippen LogP contribution in [0.2, 0.25) is 0 Å². The summed E-state index contributed by atoms with van der Waals surface area (Å²) in [5.74, 6) is 3.49. The van der Waals surface area contributed by atoms with Crippen molar-refractivity contribution in [1.29, 1.82) is 0 Å². The lowest BCUT2D eigenvalue weighted by Crippen LogP contribution is -2.34. The van der Waals surface area contributed by atoms with Crippen LogP contribution in [0, 0.1) is 0 Å². The molecule has 0 fully saturated rings. The van der Waals surface area contributed by atoms with Crippen LogP contribution in [-0.2, 0) is 13.1 Å². The summed E-state index contributed by atoms with van der Waals surface area (Å²) < 4.78 is 27.1. The molecule has 0 unspecified atom stereocenters. The highest BCUT2D eigenvalue weighted by Gasteiger charge is 2.18. The lowest BCUT2D eigenvalue weighted by atomic mass is 10.1. The van der Waals surface area contributed by atoms with Crippen molar-refractivity contribution in [3.63, 3.8) is 0 Å². The van der Waals surface area contributed by atoms with E-state index in [2.05, 4.69) is 10.2 Å². The van der Waals surface area contributed by atoms with Crippen LogP contribution in [0.3, 0.4) is 0 Å². The van der Waals surface area contributed by atoms with E-state index in [0.29, 0.717) is 35.5 Å². The molecule has 0 amide bonds. The van der Waals surface area contributed by atoms with Gasteiger partial charge in [-0.2, -0.15) is 0 Å². The van der Waals surface area contributed by atoms with E-state index >= 15 is 0 Å². The van der Waals surface area contributed by atoms with Gasteiger partial charge in [0.25, 0.3) is 0 Å². The zero-order chi connectivity index (χ0) is 24.5. The zero-order valence-electron chi connectivity index (χ0n) is 20.1. The van der Waals surface area contributed by atoms with Gasteiger partial charge in [0.1, 0.15) is 17.2 Å². The van der Waals surface area contributed by atoms with Crippen LogP contribution < -0.4 is 29.0 Å². The van der Waals surface area contributed by atoms with Crippen molar-refractivity contribution in [3.8, 4) is 28.7 Å². The Kier molecular flexibility index (Phi) is 8.81. The third-order valence-electron chi connectivity index (χ3n) is 5.31. The summed E-state index contributed by atoms with van der Waals surface area (Å²) in [6.07, 6.45) is 0. The minimum Gasteiger partial charge on any atom is -0.497 e. The van der Waals surface area contributed by atoms with Gasteiger partial charge in [-0.05, 0) is 60.2 Å². The van der Waals surface area contributed by atoms with Crippen molar-refractivity contribution < 1.29 is 23.7 Å². The van der Waals surface area contributed by atoms with Crippen LogP contribution in [0.15, 0.2) is 60.7 Å². The Morgan fingerprint density at radius 3 is 1.74 bits per heavy atom. The predicted octanol–water partition coefficient (Wildman–Crippen LogP) is 5.13. The number of anilines is 1. The van der Waals surface area contributed by atoms with E-state index in [0.717, 1.165) is 28.3 Å². The molecule has 0 aliphatic heterocycles. The summed E-state index contributed by atoms with van der Waals surface area (Å²) in [7, 11) is 8.13. The molecular formula is C26H30N2O5S. The molecule has 8 heteroatoms. The van der Waals surface area contributed by atoms with Crippen LogP contribution in [0.4, 0.5) is 5.69 Å². The van der Waals surface area contributed by atoms with Crippen LogP contribution in [0.25, 0.3) is 0 Å². The molecule has 34 heavy (non-hydrogen) atoms. The lowest BCUT2D eigenvalue weighted by Gasteiger charge is -2.27. The molecule has 0 bridgehead atoms. The van der Waals surface area contributed by atoms with Gasteiger partial charge in [0, 0.05) is 30.4 Å². The minimum atomic E-state index is 0.484. The van der Waals surface area contributed by atoms with Crippen LogP contribution in [0.1, 0.15) is 11.1 Å². The number of methoxy groups -OCH3 is 5. The maximum absolute atomic E-state index is 5.82. The van der Waals surface area contributed by atoms with Gasteiger partial charge in [-0.1, -0.05) is 12.1 Å². The van der Waals surface area contributed by atoms with Crippen LogP contribution >= 0.6 is 12.2 Å². The standard InChI is InChI=1S/C26H30N2O5S/c1-29-21-10-6-18(7-11-21)16-28(26(34)27-20-8-12-22(30-2)13-9-20)17-19-14-24(32-4)25(33-5)15-23(19)31-3/h6-15H,16-17H2,1-5H3,(H,27,34). The second-order valence-corrected chi connectivity index (χ2v) is 7.77. The van der Waals surface area contributed by atoms with Crippen molar-refractivity contribution in [2.45, 2.75) is 13.1 Å². The SMILES string of the molecule is COc1ccc(CN(Cc2cc(OC)c(OC)cc2OC)C(=S)Nc2ccc(OC)cc2)cc1. The van der Waals surface area contributed by atoms with Gasteiger partial charge < -0.3 is 33.9 Å². The highest BCUT2D eigenvalue weighted by molar-refractivity contribution is 7.80. The van der Waals surface area contributed by atoms with Crippen molar-refractivity contribution in [2.75, 3.05) is 40.9 Å². The highest BCUT2D eigenvalue weighted by Crippen LogP contribution is 2.35. The number of nitrogens with zero attached hydrogens (tertiary/aromatic N) is 1. The van der Waals surface area contributed by atoms with Crippen molar-refractivity contribution in [3.05, 3.63) is 71.8 Å². The molecule has 1 N–H and O–H groups in total. The first-order valence-electron chi connectivity index (χ1n) is 10.6. The molecule has 7 nitrogen and oxygen atoms in total. The first-order chi connectivity index (χ1) is 16.5. The van der Waals surface area contributed by atoms with E-state index in [4.69, 9.17) is 35.9 Å². The summed E-state index contributed by atoms with van der Waals surface area (Å²) in [5.41, 5.74) is 2.86. The third-order valence-corrected chi connectivity index (χ3v) is 5.67. The Labute approximate surface area is 206 Å². The van der Waals surface area contributed by atoms with Gasteiger partial charge in [0.05, 0.1) is 35.5 Å². The molecule has 0 atom stereocenters. The van der Waals surface area contributed by atoms with Crippen molar-refractivity contribution >= 4 is 23.0 Å². The molecule has 0 saturated heterocycles. The fraction of sp³-hybridized carbons (Fsp3) is 0.269. The topological polar surface area (TPSA) is 61.4 Å². The van der Waals surface area contributed by atoms with Crippen molar-refractivity contribution in [1.82, 2.24) is 4.90 Å². The highest BCUT2D eigenvalue weighted by atomic mass is 32.1. The molecule has 3 aromatic carbocycles. The second-order valence-electron chi connectivity index (χ2n) is 7.38. The summed E-state index contributed by atoms with van der Waals surface area (Å²) >= 11 is 5.82. The Balaban J connectivity index is 1.90. The molecule has 0 aliphatic rings. The Hall–Kier alpha value is -3.65. The number of ether oxygens (including phenoxy) is 5. The number of rotatable bonds is 10. The molecule has 0 aromatic heterocycles. The second kappa shape index (κ2) is 12.0. The van der Waals surface area contributed by atoms with E-state index in [1.807, 2.05) is 60.7 Å². The first-order valence-corrected chi connectivity index (χ1v) is 11.0. The molecule has 3 aromatic rings. The molecule has 3 rings (SSSR count). The number of thiocarbonyl (C=S) groups is 1. The average molecular weight is 483 g/mol. The normalized spacial score (nSPS) is 10.3. The number of hydrogen-bond acceptors (Lipinski definition) is 6. The van der Waals surface area contributed by atoms with Gasteiger partial charge in [-0.25, -0.2) is 0 Å². The number of hydrogen-bond donors (Lipinski definition) is 1. The predicted molar refractivity (Wildman–Crippen MR) is 138 cm³/mol. The van der Waals surface area contributed by atoms with E-state index < -0.39 is 0 Å². The van der Waals surface area contributed by atoms with Gasteiger partial charge >= 0.3 is 0 Å². The van der Waals surface area contributed by atoms with E-state index in [-0.39, 0.29) is 0 Å². The molecular weight excluding hydrogens is 452 g/mol. The fourth-order valence-corrected chi connectivity index (χ4v) is 3.70. The smallest absolute Gasteiger partial charge is 0.174 e. The summed E-state index contributed by atoms with van der Waals surface area (Å²) in [5, 5.41) is 3.89. The van der Waals surface area contributed by atoms with Crippen LogP contribution in [0.5, 0.6) is 28.7 Å². The summed E-state index contributed by atoms with van der Waals surface area (Å²) in [4.78, 5) is 2.06. The maximum atomic E-state index is 5.82. The summed E-state index contributed by atoms with van der Waals surface area (Å²) in [6, 6.07) is 19.3. The Bertz CT molecular complexity index is 1090. The molecule has 180 valence electrons. The molecule has 0 heterocycles. The van der Waals surface area contributed by atoms with E-state index in [1.54, 1.807) is 35.5 Å². The summed E-state index contributed by atoms with van der Waals surface area (Å²) in [6.45, 7) is 1.06. The van der Waals surface area contributed by atoms with Gasteiger partial charge in [-0.15, -0.1) is 0 Å².